The molecule has 0 aromatic heterocycles. The maximum absolute atomic E-state index is 11.7. The Kier molecular flexibility index (Phi) is 7.14. The standard InChI is InChI=1S/C17H35N3O/c1-5-11-19-17(4,15(18)21)8-7-12-20-13-9-16(3,6-2)10-14-20/h19H,5-14H2,1-4H3,(H2,18,21). The van der Waals surface area contributed by atoms with Gasteiger partial charge in [0.2, 0.25) is 5.91 Å². The minimum atomic E-state index is -0.552. The summed E-state index contributed by atoms with van der Waals surface area (Å²) in [4.78, 5) is 14.2. The van der Waals surface area contributed by atoms with Crippen molar-refractivity contribution in [1.82, 2.24) is 10.2 Å². The number of nitrogens with zero attached hydrogens (tertiary/aromatic N) is 1. The second-order valence-corrected chi connectivity index (χ2v) is 7.23. The molecule has 1 atom stereocenters. The number of rotatable bonds is 9. The number of nitrogens with two attached hydrogens (primary N) is 1. The largest absolute Gasteiger partial charge is 0.368 e. The molecule has 0 aliphatic carbocycles. The zero-order valence-electron chi connectivity index (χ0n) is 14.5. The summed E-state index contributed by atoms with van der Waals surface area (Å²) < 4.78 is 0. The molecular weight excluding hydrogens is 262 g/mol. The number of nitrogens with one attached hydrogen (secondary N) is 1. The quantitative estimate of drug-likeness (QED) is 0.687. The van der Waals surface area contributed by atoms with Gasteiger partial charge in [0.05, 0.1) is 5.54 Å². The van der Waals surface area contributed by atoms with Crippen LogP contribution >= 0.6 is 0 Å². The van der Waals surface area contributed by atoms with Crippen molar-refractivity contribution in [1.29, 1.82) is 0 Å². The van der Waals surface area contributed by atoms with E-state index in [0.717, 1.165) is 32.4 Å². The van der Waals surface area contributed by atoms with Gasteiger partial charge in [0.25, 0.3) is 0 Å². The minimum Gasteiger partial charge on any atom is -0.368 e. The molecule has 0 aromatic carbocycles. The number of primary amides is 1. The summed E-state index contributed by atoms with van der Waals surface area (Å²) in [6.07, 6.45) is 6.74. The molecule has 0 saturated carbocycles. The summed E-state index contributed by atoms with van der Waals surface area (Å²) in [5.41, 5.74) is 5.56. The van der Waals surface area contributed by atoms with Crippen molar-refractivity contribution in [2.75, 3.05) is 26.2 Å². The van der Waals surface area contributed by atoms with Crippen LogP contribution in [0.25, 0.3) is 0 Å². The fourth-order valence-electron chi connectivity index (χ4n) is 3.03. The number of carbonyl (C=O) groups is 1. The first kappa shape index (κ1) is 18.4. The van der Waals surface area contributed by atoms with E-state index >= 15 is 0 Å². The van der Waals surface area contributed by atoms with Crippen LogP contribution in [0, 0.1) is 5.41 Å². The summed E-state index contributed by atoms with van der Waals surface area (Å²) in [5.74, 6) is -0.229. The van der Waals surface area contributed by atoms with Crippen LogP contribution < -0.4 is 11.1 Å². The Bertz CT molecular complexity index is 324. The lowest BCUT2D eigenvalue weighted by molar-refractivity contribution is -0.124. The van der Waals surface area contributed by atoms with Crippen molar-refractivity contribution >= 4 is 5.91 Å². The number of piperidine rings is 1. The molecule has 1 saturated heterocycles. The molecule has 0 bridgehead atoms. The lowest BCUT2D eigenvalue weighted by Crippen LogP contribution is -2.53. The zero-order valence-corrected chi connectivity index (χ0v) is 14.5. The Hall–Kier alpha value is -0.610. The molecule has 1 fully saturated rings. The third-order valence-corrected chi connectivity index (χ3v) is 5.38. The Morgan fingerprint density at radius 2 is 1.95 bits per heavy atom. The Labute approximate surface area is 130 Å². The molecular formula is C17H35N3O. The van der Waals surface area contributed by atoms with E-state index in [1.165, 1.54) is 32.4 Å². The molecule has 0 aromatic rings. The van der Waals surface area contributed by atoms with E-state index in [9.17, 15) is 4.79 Å². The van der Waals surface area contributed by atoms with Gasteiger partial charge in [0.1, 0.15) is 0 Å². The van der Waals surface area contributed by atoms with Crippen LogP contribution in [-0.4, -0.2) is 42.5 Å². The first-order valence-corrected chi connectivity index (χ1v) is 8.62. The average Bonchev–Trinajstić information content (AvgIpc) is 2.47. The number of likely N-dealkylation sites (tertiary alicyclic amines) is 1. The summed E-state index contributed by atoms with van der Waals surface area (Å²) >= 11 is 0. The lowest BCUT2D eigenvalue weighted by Gasteiger charge is -2.39. The Morgan fingerprint density at radius 1 is 1.33 bits per heavy atom. The van der Waals surface area contributed by atoms with Crippen molar-refractivity contribution < 1.29 is 4.79 Å². The van der Waals surface area contributed by atoms with Gasteiger partial charge in [-0.2, -0.15) is 0 Å². The van der Waals surface area contributed by atoms with E-state index in [0.29, 0.717) is 5.41 Å². The fourth-order valence-corrected chi connectivity index (χ4v) is 3.03. The summed E-state index contributed by atoms with van der Waals surface area (Å²) in [6.45, 7) is 13.1. The molecule has 4 heteroatoms. The van der Waals surface area contributed by atoms with E-state index in [2.05, 4.69) is 31.0 Å². The molecule has 1 aliphatic heterocycles. The van der Waals surface area contributed by atoms with Crippen LogP contribution in [0.15, 0.2) is 0 Å². The number of amides is 1. The molecule has 3 N–H and O–H groups in total. The average molecular weight is 297 g/mol. The molecule has 124 valence electrons. The summed E-state index contributed by atoms with van der Waals surface area (Å²) in [5, 5.41) is 3.31. The molecule has 0 radical (unpaired) electrons. The highest BCUT2D eigenvalue weighted by molar-refractivity contribution is 5.84. The third kappa shape index (κ3) is 5.59. The molecule has 21 heavy (non-hydrogen) atoms. The van der Waals surface area contributed by atoms with Crippen molar-refractivity contribution in [3.05, 3.63) is 0 Å². The Balaban J connectivity index is 2.33. The van der Waals surface area contributed by atoms with Gasteiger partial charge in [0, 0.05) is 0 Å². The van der Waals surface area contributed by atoms with Crippen LogP contribution in [0.2, 0.25) is 0 Å². The van der Waals surface area contributed by atoms with Crippen molar-refractivity contribution in [2.24, 2.45) is 11.1 Å². The van der Waals surface area contributed by atoms with Gasteiger partial charge in [-0.1, -0.05) is 27.2 Å². The molecule has 1 rings (SSSR count). The predicted octanol–water partition coefficient (Wildman–Crippen LogP) is 2.52. The molecule has 1 unspecified atom stereocenters. The normalized spacial score (nSPS) is 21.9. The SMILES string of the molecule is CCCNC(C)(CCCN1CCC(C)(CC)CC1)C(N)=O. The first-order valence-electron chi connectivity index (χ1n) is 8.62. The van der Waals surface area contributed by atoms with Gasteiger partial charge in [-0.25, -0.2) is 0 Å². The van der Waals surface area contributed by atoms with Crippen LogP contribution in [0.3, 0.4) is 0 Å². The molecule has 4 nitrogen and oxygen atoms in total. The third-order valence-electron chi connectivity index (χ3n) is 5.38. The van der Waals surface area contributed by atoms with Gasteiger partial charge in [-0.05, 0) is 70.6 Å². The van der Waals surface area contributed by atoms with E-state index in [4.69, 9.17) is 5.73 Å². The van der Waals surface area contributed by atoms with Gasteiger partial charge in [-0.3, -0.25) is 4.79 Å². The molecule has 1 amide bonds. The second-order valence-electron chi connectivity index (χ2n) is 7.23. The van der Waals surface area contributed by atoms with Crippen molar-refractivity contribution in [2.45, 2.75) is 71.8 Å². The van der Waals surface area contributed by atoms with Crippen LogP contribution in [0.5, 0.6) is 0 Å². The van der Waals surface area contributed by atoms with Crippen molar-refractivity contribution in [3.8, 4) is 0 Å². The predicted molar refractivity (Wildman–Crippen MR) is 89.2 cm³/mol. The van der Waals surface area contributed by atoms with Gasteiger partial charge < -0.3 is 16.0 Å². The highest BCUT2D eigenvalue weighted by Gasteiger charge is 2.31. The fraction of sp³-hybridized carbons (Fsp3) is 0.941. The van der Waals surface area contributed by atoms with E-state index in [1.54, 1.807) is 0 Å². The van der Waals surface area contributed by atoms with Crippen LogP contribution in [-0.2, 0) is 4.79 Å². The zero-order chi connectivity index (χ0) is 15.9. The highest BCUT2D eigenvalue weighted by Crippen LogP contribution is 2.33. The lowest BCUT2D eigenvalue weighted by atomic mass is 9.78. The topological polar surface area (TPSA) is 58.4 Å². The van der Waals surface area contributed by atoms with Crippen LogP contribution in [0.1, 0.15) is 66.2 Å². The number of hydrogen-bond acceptors (Lipinski definition) is 3. The van der Waals surface area contributed by atoms with Crippen LogP contribution in [0.4, 0.5) is 0 Å². The second kappa shape index (κ2) is 8.14. The summed E-state index contributed by atoms with van der Waals surface area (Å²) in [7, 11) is 0. The van der Waals surface area contributed by atoms with E-state index < -0.39 is 5.54 Å². The van der Waals surface area contributed by atoms with Crippen molar-refractivity contribution in [3.63, 3.8) is 0 Å². The summed E-state index contributed by atoms with van der Waals surface area (Å²) in [6, 6.07) is 0. The van der Waals surface area contributed by atoms with Gasteiger partial charge in [0.15, 0.2) is 0 Å². The maximum atomic E-state index is 11.7. The molecule has 1 aliphatic rings. The van der Waals surface area contributed by atoms with E-state index in [-0.39, 0.29) is 5.91 Å². The van der Waals surface area contributed by atoms with Gasteiger partial charge in [-0.15, -0.1) is 0 Å². The highest BCUT2D eigenvalue weighted by atomic mass is 16.1. The first-order chi connectivity index (χ1) is 9.85. The number of hydrogen-bond donors (Lipinski definition) is 2. The molecule has 1 heterocycles. The maximum Gasteiger partial charge on any atom is 0.237 e. The van der Waals surface area contributed by atoms with Gasteiger partial charge >= 0.3 is 0 Å². The molecule has 0 spiro atoms. The Morgan fingerprint density at radius 3 is 2.43 bits per heavy atom. The minimum absolute atomic E-state index is 0.229. The van der Waals surface area contributed by atoms with E-state index in [1.807, 2.05) is 6.92 Å². The monoisotopic (exact) mass is 297 g/mol. The number of carbonyl (C=O) groups excluding carboxylic acids is 1. The smallest absolute Gasteiger partial charge is 0.237 e.